The Morgan fingerprint density at radius 3 is 2.68 bits per heavy atom. The summed E-state index contributed by atoms with van der Waals surface area (Å²) in [7, 11) is 0. The van der Waals surface area contributed by atoms with Crippen molar-refractivity contribution in [2.24, 2.45) is 5.10 Å². The Kier molecular flexibility index (Phi) is 4.70. The number of anilines is 1. The van der Waals surface area contributed by atoms with Gasteiger partial charge in [0.1, 0.15) is 5.82 Å². The van der Waals surface area contributed by atoms with Crippen LogP contribution in [0.25, 0.3) is 0 Å². The van der Waals surface area contributed by atoms with Crippen molar-refractivity contribution in [3.05, 3.63) is 65.5 Å². The Balaban J connectivity index is 1.67. The zero-order chi connectivity index (χ0) is 15.4. The van der Waals surface area contributed by atoms with Crippen LogP contribution in [0.15, 0.2) is 53.6 Å². The number of thioether (sulfide) groups is 1. The highest BCUT2D eigenvalue weighted by molar-refractivity contribution is 7.99. The molecule has 0 atom stereocenters. The van der Waals surface area contributed by atoms with E-state index in [4.69, 9.17) is 12.2 Å². The largest absolute Gasteiger partial charge is 0.331 e. The van der Waals surface area contributed by atoms with Crippen LogP contribution in [0.1, 0.15) is 11.1 Å². The van der Waals surface area contributed by atoms with Crippen LogP contribution in [0.2, 0.25) is 0 Å². The lowest BCUT2D eigenvalue weighted by atomic mass is 10.1. The molecular formula is C16H14FN3S2. The van der Waals surface area contributed by atoms with E-state index < -0.39 is 0 Å². The second-order valence-electron chi connectivity index (χ2n) is 4.78. The Morgan fingerprint density at radius 1 is 1.09 bits per heavy atom. The predicted octanol–water partition coefficient (Wildman–Crippen LogP) is 3.76. The second-order valence-corrected chi connectivity index (χ2v) is 6.18. The number of benzene rings is 2. The molecule has 0 saturated heterocycles. The first kappa shape index (κ1) is 15.0. The Morgan fingerprint density at radius 2 is 1.86 bits per heavy atom. The Bertz CT molecular complexity index is 714. The summed E-state index contributed by atoms with van der Waals surface area (Å²) in [6.45, 7) is 0. The van der Waals surface area contributed by atoms with Gasteiger partial charge >= 0.3 is 0 Å². The quantitative estimate of drug-likeness (QED) is 0.649. The standard InChI is InChI=1S/C16H14FN3S2/c17-12-5-7-13(8-6-12)18-16(21)20-19-15-10-22-9-11-3-1-2-4-14(11)15/h1-8H,9-10H2,(H2,18,20,21)/b19-15-. The summed E-state index contributed by atoms with van der Waals surface area (Å²) < 4.78 is 12.9. The highest BCUT2D eigenvalue weighted by Gasteiger charge is 2.15. The summed E-state index contributed by atoms with van der Waals surface area (Å²) in [6, 6.07) is 14.3. The molecule has 0 fully saturated rings. The summed E-state index contributed by atoms with van der Waals surface area (Å²) in [4.78, 5) is 0. The van der Waals surface area contributed by atoms with Gasteiger partial charge in [0.25, 0.3) is 0 Å². The van der Waals surface area contributed by atoms with E-state index in [-0.39, 0.29) is 5.82 Å². The van der Waals surface area contributed by atoms with Crippen LogP contribution >= 0.6 is 24.0 Å². The molecule has 1 aliphatic heterocycles. The van der Waals surface area contributed by atoms with Crippen molar-refractivity contribution in [3.63, 3.8) is 0 Å². The van der Waals surface area contributed by atoms with E-state index in [1.165, 1.54) is 23.3 Å². The molecule has 1 aliphatic rings. The normalized spacial score (nSPS) is 15.2. The van der Waals surface area contributed by atoms with E-state index in [0.29, 0.717) is 5.11 Å². The SMILES string of the molecule is Fc1ccc(NC(=S)N/N=C2/CSCc3ccccc32)cc1. The van der Waals surface area contributed by atoms with Gasteiger partial charge in [0.15, 0.2) is 5.11 Å². The molecule has 3 nitrogen and oxygen atoms in total. The van der Waals surface area contributed by atoms with Gasteiger partial charge in [-0.3, -0.25) is 5.43 Å². The minimum Gasteiger partial charge on any atom is -0.331 e. The van der Waals surface area contributed by atoms with Gasteiger partial charge in [-0.1, -0.05) is 24.3 Å². The van der Waals surface area contributed by atoms with Crippen LogP contribution in [-0.2, 0) is 5.75 Å². The molecule has 0 aromatic heterocycles. The van der Waals surface area contributed by atoms with Crippen molar-refractivity contribution in [1.29, 1.82) is 0 Å². The first-order chi connectivity index (χ1) is 10.7. The van der Waals surface area contributed by atoms with Gasteiger partial charge in [0.05, 0.1) is 5.71 Å². The lowest BCUT2D eigenvalue weighted by Crippen LogP contribution is -2.26. The Hall–Kier alpha value is -1.92. The molecule has 112 valence electrons. The summed E-state index contributed by atoms with van der Waals surface area (Å²) in [5.74, 6) is 1.58. The number of hydrazone groups is 1. The molecule has 2 aromatic carbocycles. The summed E-state index contributed by atoms with van der Waals surface area (Å²) in [5, 5.41) is 7.76. The average Bonchev–Trinajstić information content (AvgIpc) is 2.55. The van der Waals surface area contributed by atoms with Gasteiger partial charge < -0.3 is 5.32 Å². The molecule has 1 heterocycles. The molecule has 3 rings (SSSR count). The molecule has 0 radical (unpaired) electrons. The van der Waals surface area contributed by atoms with E-state index in [2.05, 4.69) is 28.0 Å². The number of rotatable bonds is 2. The summed E-state index contributed by atoms with van der Waals surface area (Å²) in [5.41, 5.74) is 7.01. The van der Waals surface area contributed by atoms with Gasteiger partial charge in [-0.05, 0) is 42.0 Å². The maximum absolute atomic E-state index is 12.9. The highest BCUT2D eigenvalue weighted by atomic mass is 32.2. The fourth-order valence-corrected chi connectivity index (χ4v) is 3.32. The van der Waals surface area contributed by atoms with Crippen LogP contribution in [0, 0.1) is 5.82 Å². The minimum atomic E-state index is -0.277. The molecule has 0 saturated carbocycles. The lowest BCUT2D eigenvalue weighted by molar-refractivity contribution is 0.628. The van der Waals surface area contributed by atoms with E-state index in [9.17, 15) is 4.39 Å². The van der Waals surface area contributed by atoms with Gasteiger partial charge in [-0.15, -0.1) is 0 Å². The summed E-state index contributed by atoms with van der Waals surface area (Å²) >= 11 is 7.03. The van der Waals surface area contributed by atoms with Crippen molar-refractivity contribution >= 4 is 40.5 Å². The van der Waals surface area contributed by atoms with Crippen LogP contribution in [0.3, 0.4) is 0 Å². The predicted molar refractivity (Wildman–Crippen MR) is 94.9 cm³/mol. The maximum atomic E-state index is 12.9. The van der Waals surface area contributed by atoms with Gasteiger partial charge in [0.2, 0.25) is 0 Å². The second kappa shape index (κ2) is 6.89. The molecule has 0 spiro atoms. The third kappa shape index (κ3) is 3.64. The van der Waals surface area contributed by atoms with Crippen LogP contribution in [-0.4, -0.2) is 16.6 Å². The third-order valence-electron chi connectivity index (χ3n) is 3.22. The van der Waals surface area contributed by atoms with Gasteiger partial charge in [-0.25, -0.2) is 4.39 Å². The number of halogens is 1. The number of hydrogen-bond donors (Lipinski definition) is 2. The van der Waals surface area contributed by atoms with E-state index in [0.717, 1.165) is 22.9 Å². The number of fused-ring (bicyclic) bond motifs is 1. The van der Waals surface area contributed by atoms with E-state index in [1.807, 2.05) is 23.9 Å². The third-order valence-corrected chi connectivity index (χ3v) is 4.41. The first-order valence-electron chi connectivity index (χ1n) is 6.77. The molecule has 2 N–H and O–H groups in total. The lowest BCUT2D eigenvalue weighted by Gasteiger charge is -2.17. The van der Waals surface area contributed by atoms with Crippen molar-refractivity contribution in [2.75, 3.05) is 11.1 Å². The van der Waals surface area contributed by atoms with E-state index >= 15 is 0 Å². The van der Waals surface area contributed by atoms with Crippen molar-refractivity contribution in [1.82, 2.24) is 5.43 Å². The van der Waals surface area contributed by atoms with Crippen molar-refractivity contribution in [3.8, 4) is 0 Å². The number of hydrogen-bond acceptors (Lipinski definition) is 3. The van der Waals surface area contributed by atoms with Gasteiger partial charge in [0, 0.05) is 22.8 Å². The number of nitrogens with zero attached hydrogens (tertiary/aromatic N) is 1. The van der Waals surface area contributed by atoms with Crippen molar-refractivity contribution in [2.45, 2.75) is 5.75 Å². The van der Waals surface area contributed by atoms with E-state index in [1.54, 1.807) is 12.1 Å². The number of nitrogens with one attached hydrogen (secondary N) is 2. The molecule has 0 bridgehead atoms. The van der Waals surface area contributed by atoms with Crippen LogP contribution in [0.5, 0.6) is 0 Å². The topological polar surface area (TPSA) is 36.4 Å². The summed E-state index contributed by atoms with van der Waals surface area (Å²) in [6.07, 6.45) is 0. The van der Waals surface area contributed by atoms with Crippen molar-refractivity contribution < 1.29 is 4.39 Å². The zero-order valence-electron chi connectivity index (χ0n) is 11.7. The first-order valence-corrected chi connectivity index (χ1v) is 8.34. The molecule has 6 heteroatoms. The minimum absolute atomic E-state index is 0.277. The maximum Gasteiger partial charge on any atom is 0.191 e. The monoisotopic (exact) mass is 331 g/mol. The average molecular weight is 331 g/mol. The van der Waals surface area contributed by atoms with Crippen LogP contribution in [0.4, 0.5) is 10.1 Å². The Labute approximate surface area is 138 Å². The molecule has 0 unspecified atom stereocenters. The fraction of sp³-hybridized carbons (Fsp3) is 0.125. The van der Waals surface area contributed by atoms with Crippen LogP contribution < -0.4 is 10.7 Å². The number of thiocarbonyl (C=S) groups is 1. The molecule has 2 aromatic rings. The molecule has 22 heavy (non-hydrogen) atoms. The smallest absolute Gasteiger partial charge is 0.191 e. The highest BCUT2D eigenvalue weighted by Crippen LogP contribution is 2.24. The molecule has 0 aliphatic carbocycles. The fourth-order valence-electron chi connectivity index (χ4n) is 2.17. The van der Waals surface area contributed by atoms with Gasteiger partial charge in [-0.2, -0.15) is 16.9 Å². The molecular weight excluding hydrogens is 317 g/mol. The molecule has 0 amide bonds. The zero-order valence-corrected chi connectivity index (χ0v) is 13.3.